The first-order valence-corrected chi connectivity index (χ1v) is 9.45. The number of hydrogen-bond donors (Lipinski definition) is 2. The van der Waals surface area contributed by atoms with E-state index in [9.17, 15) is 14.4 Å². The zero-order chi connectivity index (χ0) is 19.7. The lowest BCUT2D eigenvalue weighted by atomic mass is 9.99. The first kappa shape index (κ1) is 18.2. The smallest absolute Gasteiger partial charge is 0.313 e. The fourth-order valence-corrected chi connectivity index (χ4v) is 3.91. The summed E-state index contributed by atoms with van der Waals surface area (Å²) < 4.78 is 5.49. The van der Waals surface area contributed by atoms with Crippen molar-refractivity contribution in [3.63, 3.8) is 0 Å². The van der Waals surface area contributed by atoms with E-state index in [2.05, 4.69) is 15.6 Å². The highest BCUT2D eigenvalue weighted by Gasteiger charge is 2.41. The van der Waals surface area contributed by atoms with Crippen molar-refractivity contribution in [2.45, 2.75) is 44.7 Å². The standard InChI is InChI=1S/C20H22N4O4/c1-12-11-21-20(28-12)13-5-4-6-14(9-13)22-18(26)19(27)23-15-10-17(25)24-8-3-2-7-16(15)24/h4-6,9,11,15-16H,2-3,7-8,10H2,1H3,(H,22,26)(H,23,27). The van der Waals surface area contributed by atoms with Crippen LogP contribution in [0.25, 0.3) is 11.5 Å². The summed E-state index contributed by atoms with van der Waals surface area (Å²) in [6, 6.07) is 6.62. The molecule has 1 aromatic heterocycles. The number of carbonyl (C=O) groups excluding carboxylic acids is 3. The van der Waals surface area contributed by atoms with Crippen LogP contribution in [-0.2, 0) is 14.4 Å². The number of rotatable bonds is 3. The van der Waals surface area contributed by atoms with Crippen LogP contribution in [0.2, 0.25) is 0 Å². The van der Waals surface area contributed by atoms with Crippen LogP contribution >= 0.6 is 0 Å². The van der Waals surface area contributed by atoms with Crippen molar-refractivity contribution in [1.82, 2.24) is 15.2 Å². The molecule has 8 heteroatoms. The maximum atomic E-state index is 12.4. The number of oxazole rings is 1. The van der Waals surface area contributed by atoms with Gasteiger partial charge in [-0.05, 0) is 44.4 Å². The fourth-order valence-electron chi connectivity index (χ4n) is 3.91. The van der Waals surface area contributed by atoms with Gasteiger partial charge in [-0.3, -0.25) is 14.4 Å². The molecule has 0 spiro atoms. The molecule has 1 aromatic carbocycles. The molecule has 8 nitrogen and oxygen atoms in total. The van der Waals surface area contributed by atoms with E-state index in [0.29, 0.717) is 22.9 Å². The Morgan fingerprint density at radius 1 is 1.25 bits per heavy atom. The number of hydrogen-bond acceptors (Lipinski definition) is 5. The third-order valence-corrected chi connectivity index (χ3v) is 5.24. The van der Waals surface area contributed by atoms with Crippen molar-refractivity contribution in [2.24, 2.45) is 0 Å². The van der Waals surface area contributed by atoms with Crippen LogP contribution in [0.4, 0.5) is 5.69 Å². The van der Waals surface area contributed by atoms with Gasteiger partial charge >= 0.3 is 11.8 Å². The second-order valence-electron chi connectivity index (χ2n) is 7.25. The highest BCUT2D eigenvalue weighted by atomic mass is 16.4. The quantitative estimate of drug-likeness (QED) is 0.789. The molecule has 2 aliphatic heterocycles. The Bertz CT molecular complexity index is 922. The molecule has 4 rings (SSSR count). The minimum atomic E-state index is -0.762. The maximum Gasteiger partial charge on any atom is 0.313 e. The van der Waals surface area contributed by atoms with Crippen LogP contribution in [0.3, 0.4) is 0 Å². The zero-order valence-electron chi connectivity index (χ0n) is 15.6. The molecule has 0 radical (unpaired) electrons. The molecule has 2 atom stereocenters. The fraction of sp³-hybridized carbons (Fsp3) is 0.400. The summed E-state index contributed by atoms with van der Waals surface area (Å²) in [6.45, 7) is 2.53. The molecule has 0 saturated carbocycles. The molecular formula is C20H22N4O4. The van der Waals surface area contributed by atoms with E-state index in [-0.39, 0.29) is 24.4 Å². The number of fused-ring (bicyclic) bond motifs is 1. The lowest BCUT2D eigenvalue weighted by Crippen LogP contribution is -2.49. The van der Waals surface area contributed by atoms with E-state index in [1.807, 2.05) is 11.0 Å². The minimum Gasteiger partial charge on any atom is -0.441 e. The van der Waals surface area contributed by atoms with Gasteiger partial charge in [0.25, 0.3) is 0 Å². The maximum absolute atomic E-state index is 12.4. The average Bonchev–Trinajstić information content (AvgIpc) is 3.26. The van der Waals surface area contributed by atoms with Gasteiger partial charge in [-0.2, -0.15) is 0 Å². The highest BCUT2D eigenvalue weighted by molar-refractivity contribution is 6.39. The van der Waals surface area contributed by atoms with Gasteiger partial charge in [0.15, 0.2) is 0 Å². The first-order valence-electron chi connectivity index (χ1n) is 9.45. The normalized spacial score (nSPS) is 21.3. The predicted octanol–water partition coefficient (Wildman–Crippen LogP) is 1.86. The molecule has 3 heterocycles. The van der Waals surface area contributed by atoms with Crippen molar-refractivity contribution in [2.75, 3.05) is 11.9 Å². The number of aromatic nitrogens is 1. The molecule has 3 amide bonds. The molecule has 2 aromatic rings. The summed E-state index contributed by atoms with van der Waals surface area (Å²) in [5.41, 5.74) is 1.17. The van der Waals surface area contributed by atoms with Crippen molar-refractivity contribution in [1.29, 1.82) is 0 Å². The third-order valence-electron chi connectivity index (χ3n) is 5.24. The Morgan fingerprint density at radius 2 is 2.11 bits per heavy atom. The molecule has 28 heavy (non-hydrogen) atoms. The number of nitrogens with zero attached hydrogens (tertiary/aromatic N) is 2. The molecule has 2 aliphatic rings. The molecule has 0 aliphatic carbocycles. The molecule has 2 saturated heterocycles. The van der Waals surface area contributed by atoms with Gasteiger partial charge in [0.1, 0.15) is 5.76 Å². The van der Waals surface area contributed by atoms with Gasteiger partial charge in [-0.25, -0.2) is 4.98 Å². The molecular weight excluding hydrogens is 360 g/mol. The zero-order valence-corrected chi connectivity index (χ0v) is 15.6. The van der Waals surface area contributed by atoms with Gasteiger partial charge in [-0.1, -0.05) is 6.07 Å². The summed E-state index contributed by atoms with van der Waals surface area (Å²) in [5, 5.41) is 5.33. The van der Waals surface area contributed by atoms with Crippen LogP contribution in [0.5, 0.6) is 0 Å². The van der Waals surface area contributed by atoms with Gasteiger partial charge in [0.2, 0.25) is 11.8 Å². The number of anilines is 1. The molecule has 0 bridgehead atoms. The number of piperidine rings is 1. The summed E-state index contributed by atoms with van der Waals surface area (Å²) in [4.78, 5) is 42.8. The number of carbonyl (C=O) groups is 3. The number of amides is 3. The van der Waals surface area contributed by atoms with Crippen LogP contribution in [0.1, 0.15) is 31.4 Å². The van der Waals surface area contributed by atoms with E-state index >= 15 is 0 Å². The van der Waals surface area contributed by atoms with Crippen molar-refractivity contribution in [3.05, 3.63) is 36.2 Å². The minimum absolute atomic E-state index is 0.00501. The molecule has 146 valence electrons. The van der Waals surface area contributed by atoms with E-state index in [1.165, 1.54) is 0 Å². The molecule has 2 fully saturated rings. The Morgan fingerprint density at radius 3 is 2.89 bits per heavy atom. The Hall–Kier alpha value is -3.16. The second kappa shape index (κ2) is 7.46. The van der Waals surface area contributed by atoms with E-state index in [1.54, 1.807) is 31.3 Å². The SMILES string of the molecule is Cc1cnc(-c2cccc(NC(=O)C(=O)NC3CC(=O)N4CCCCC34)c2)o1. The Kier molecular flexibility index (Phi) is 4.85. The number of benzene rings is 1. The van der Waals surface area contributed by atoms with Crippen LogP contribution in [-0.4, -0.2) is 46.2 Å². The van der Waals surface area contributed by atoms with Crippen molar-refractivity contribution in [3.8, 4) is 11.5 Å². The first-order chi connectivity index (χ1) is 13.5. The summed E-state index contributed by atoms with van der Waals surface area (Å²) in [5.74, 6) is -0.319. The molecule has 2 N–H and O–H groups in total. The summed E-state index contributed by atoms with van der Waals surface area (Å²) >= 11 is 0. The summed E-state index contributed by atoms with van der Waals surface area (Å²) in [6.07, 6.45) is 4.74. The highest BCUT2D eigenvalue weighted by Crippen LogP contribution is 2.28. The van der Waals surface area contributed by atoms with Gasteiger partial charge in [0, 0.05) is 24.2 Å². The van der Waals surface area contributed by atoms with Gasteiger partial charge in [-0.15, -0.1) is 0 Å². The topological polar surface area (TPSA) is 105 Å². The Balaban J connectivity index is 1.40. The number of nitrogens with one attached hydrogen (secondary N) is 2. The lowest BCUT2D eigenvalue weighted by Gasteiger charge is -2.32. The average molecular weight is 382 g/mol. The van der Waals surface area contributed by atoms with Gasteiger partial charge < -0.3 is 20.0 Å². The summed E-state index contributed by atoms with van der Waals surface area (Å²) in [7, 11) is 0. The monoisotopic (exact) mass is 382 g/mol. The van der Waals surface area contributed by atoms with E-state index < -0.39 is 11.8 Å². The van der Waals surface area contributed by atoms with Crippen LogP contribution in [0.15, 0.2) is 34.9 Å². The largest absolute Gasteiger partial charge is 0.441 e. The predicted molar refractivity (Wildman–Crippen MR) is 101 cm³/mol. The number of aryl methyl sites for hydroxylation is 1. The lowest BCUT2D eigenvalue weighted by molar-refractivity contribution is -0.136. The Labute approximate surface area is 162 Å². The van der Waals surface area contributed by atoms with Crippen molar-refractivity contribution < 1.29 is 18.8 Å². The van der Waals surface area contributed by atoms with Crippen LogP contribution in [0, 0.1) is 6.92 Å². The van der Waals surface area contributed by atoms with Crippen molar-refractivity contribution >= 4 is 23.4 Å². The third kappa shape index (κ3) is 3.62. The second-order valence-corrected chi connectivity index (χ2v) is 7.25. The van der Waals surface area contributed by atoms with E-state index in [0.717, 1.165) is 25.8 Å². The van der Waals surface area contributed by atoms with Gasteiger partial charge in [0.05, 0.1) is 18.3 Å². The molecule has 2 unspecified atom stereocenters. The van der Waals surface area contributed by atoms with E-state index in [4.69, 9.17) is 4.42 Å². The van der Waals surface area contributed by atoms with Crippen LogP contribution < -0.4 is 10.6 Å².